The van der Waals surface area contributed by atoms with Crippen LogP contribution in [0.25, 0.3) is 16.9 Å². The number of nitrogens with zero attached hydrogens (tertiary/aromatic N) is 3. The zero-order chi connectivity index (χ0) is 24.4. The molecule has 0 amide bonds. The Bertz CT molecular complexity index is 1580. The molecule has 3 N–H and O–H groups in total. The number of thiophene rings is 1. The number of hydrogen-bond donors (Lipinski definition) is 3. The van der Waals surface area contributed by atoms with Crippen molar-refractivity contribution >= 4 is 48.8 Å². The number of nitrogens with one attached hydrogen (secondary N) is 2. The van der Waals surface area contributed by atoms with E-state index in [1.54, 1.807) is 40.4 Å². The molecule has 0 aliphatic carbocycles. The number of aromatic nitrogens is 3. The van der Waals surface area contributed by atoms with Gasteiger partial charge in [0.15, 0.2) is 5.65 Å². The summed E-state index contributed by atoms with van der Waals surface area (Å²) in [6, 6.07) is 19.9. The predicted molar refractivity (Wildman–Crippen MR) is 140 cm³/mol. The van der Waals surface area contributed by atoms with Crippen molar-refractivity contribution < 1.29 is 13.5 Å². The SMILES string of the molecule is O=S(=O)(NCc1ccc(CNc2cc(-c3ccccc3O)nc3c(Br)cnn23)cc1)c1cccs1. The van der Waals surface area contributed by atoms with E-state index in [2.05, 4.69) is 36.1 Å². The van der Waals surface area contributed by atoms with E-state index in [1.165, 1.54) is 11.3 Å². The molecule has 0 radical (unpaired) electrons. The van der Waals surface area contributed by atoms with Crippen molar-refractivity contribution in [2.75, 3.05) is 5.32 Å². The van der Waals surface area contributed by atoms with E-state index >= 15 is 0 Å². The van der Waals surface area contributed by atoms with Crippen LogP contribution in [0.3, 0.4) is 0 Å². The Morgan fingerprint density at radius 1 is 1.00 bits per heavy atom. The number of fused-ring (bicyclic) bond motifs is 1. The Morgan fingerprint density at radius 2 is 1.74 bits per heavy atom. The minimum Gasteiger partial charge on any atom is -0.507 e. The van der Waals surface area contributed by atoms with Crippen LogP contribution in [0, 0.1) is 0 Å². The fourth-order valence-electron chi connectivity index (χ4n) is 3.52. The molecule has 0 saturated carbocycles. The Morgan fingerprint density at radius 3 is 2.46 bits per heavy atom. The quantitative estimate of drug-likeness (QED) is 0.242. The summed E-state index contributed by atoms with van der Waals surface area (Å²) in [6.07, 6.45) is 1.67. The maximum atomic E-state index is 12.3. The highest BCUT2D eigenvalue weighted by Gasteiger charge is 2.15. The van der Waals surface area contributed by atoms with Gasteiger partial charge in [-0.15, -0.1) is 11.3 Å². The summed E-state index contributed by atoms with van der Waals surface area (Å²) in [5.41, 5.74) is 3.74. The second-order valence-electron chi connectivity index (χ2n) is 7.70. The lowest BCUT2D eigenvalue weighted by Gasteiger charge is -2.12. The molecule has 3 aromatic heterocycles. The maximum Gasteiger partial charge on any atom is 0.250 e. The van der Waals surface area contributed by atoms with Gasteiger partial charge >= 0.3 is 0 Å². The van der Waals surface area contributed by atoms with Crippen LogP contribution in [0.15, 0.2) is 87.0 Å². The highest BCUT2D eigenvalue weighted by molar-refractivity contribution is 9.10. The number of sulfonamides is 1. The van der Waals surface area contributed by atoms with E-state index in [1.807, 2.05) is 42.5 Å². The van der Waals surface area contributed by atoms with Crippen LogP contribution in [0.4, 0.5) is 5.82 Å². The first kappa shape index (κ1) is 23.5. The number of anilines is 1. The molecule has 0 unspecified atom stereocenters. The van der Waals surface area contributed by atoms with Gasteiger partial charge in [-0.25, -0.2) is 18.1 Å². The summed E-state index contributed by atoms with van der Waals surface area (Å²) >= 11 is 4.67. The molecule has 11 heteroatoms. The topological polar surface area (TPSA) is 109 Å². The zero-order valence-corrected chi connectivity index (χ0v) is 21.4. The van der Waals surface area contributed by atoms with E-state index in [0.29, 0.717) is 33.5 Å². The third kappa shape index (κ3) is 5.08. The van der Waals surface area contributed by atoms with E-state index in [0.717, 1.165) is 15.6 Å². The lowest BCUT2D eigenvalue weighted by Crippen LogP contribution is -2.22. The molecule has 3 heterocycles. The van der Waals surface area contributed by atoms with Crippen molar-refractivity contribution in [3.8, 4) is 17.0 Å². The number of benzene rings is 2. The van der Waals surface area contributed by atoms with Gasteiger partial charge in [0.2, 0.25) is 10.0 Å². The second-order valence-corrected chi connectivity index (χ2v) is 11.5. The average molecular weight is 570 g/mol. The molecular weight excluding hydrogens is 550 g/mol. The van der Waals surface area contributed by atoms with E-state index in [-0.39, 0.29) is 12.3 Å². The van der Waals surface area contributed by atoms with Gasteiger partial charge < -0.3 is 10.4 Å². The van der Waals surface area contributed by atoms with Crippen LogP contribution in [-0.2, 0) is 23.1 Å². The number of hydrogen-bond acceptors (Lipinski definition) is 7. The number of phenolic OH excluding ortho intramolecular Hbond substituents is 1. The van der Waals surface area contributed by atoms with Gasteiger partial charge in [0.05, 0.1) is 16.4 Å². The van der Waals surface area contributed by atoms with Crippen molar-refractivity contribution in [2.45, 2.75) is 17.3 Å². The fraction of sp³-hybridized carbons (Fsp3) is 0.0833. The van der Waals surface area contributed by atoms with Crippen molar-refractivity contribution in [1.29, 1.82) is 0 Å². The summed E-state index contributed by atoms with van der Waals surface area (Å²) in [5, 5.41) is 19.8. The molecule has 0 bridgehead atoms. The van der Waals surface area contributed by atoms with Crippen LogP contribution >= 0.6 is 27.3 Å². The first-order valence-electron chi connectivity index (χ1n) is 10.6. The van der Waals surface area contributed by atoms with E-state index < -0.39 is 10.0 Å². The summed E-state index contributed by atoms with van der Waals surface area (Å²) < 4.78 is 30.0. The molecule has 178 valence electrons. The van der Waals surface area contributed by atoms with Crippen molar-refractivity contribution in [2.24, 2.45) is 0 Å². The largest absolute Gasteiger partial charge is 0.507 e. The molecule has 35 heavy (non-hydrogen) atoms. The lowest BCUT2D eigenvalue weighted by atomic mass is 10.1. The highest BCUT2D eigenvalue weighted by Crippen LogP contribution is 2.31. The summed E-state index contributed by atoms with van der Waals surface area (Å²) in [7, 11) is -3.50. The molecule has 5 rings (SSSR count). The molecule has 2 aromatic carbocycles. The van der Waals surface area contributed by atoms with Gasteiger partial charge in [-0.05, 0) is 50.6 Å². The average Bonchev–Trinajstić information content (AvgIpc) is 3.54. The highest BCUT2D eigenvalue weighted by atomic mass is 79.9. The molecule has 0 aliphatic rings. The van der Waals surface area contributed by atoms with Crippen molar-refractivity contribution in [1.82, 2.24) is 19.3 Å². The van der Waals surface area contributed by atoms with Gasteiger partial charge in [-0.3, -0.25) is 0 Å². The molecule has 0 atom stereocenters. The first-order chi connectivity index (χ1) is 16.9. The molecule has 0 spiro atoms. The predicted octanol–water partition coefficient (Wildman–Crippen LogP) is 5.02. The minimum absolute atomic E-state index is 0.149. The standard InChI is InChI=1S/C24H20BrN5O3S2/c25-19-15-27-30-22(12-20(29-24(19)30)18-4-1-2-5-21(18)31)26-13-16-7-9-17(10-8-16)14-28-35(32,33)23-6-3-11-34-23/h1-12,15,26,28,31H,13-14H2. The summed E-state index contributed by atoms with van der Waals surface area (Å²) in [5.74, 6) is 0.864. The number of rotatable bonds is 8. The lowest BCUT2D eigenvalue weighted by molar-refractivity contribution is 0.477. The van der Waals surface area contributed by atoms with Crippen LogP contribution in [0.1, 0.15) is 11.1 Å². The third-order valence-corrected chi connectivity index (χ3v) is 8.69. The minimum atomic E-state index is -3.50. The Hall–Kier alpha value is -3.25. The van der Waals surface area contributed by atoms with Crippen LogP contribution in [0.5, 0.6) is 5.75 Å². The molecule has 0 fully saturated rings. The van der Waals surface area contributed by atoms with Crippen molar-refractivity contribution in [3.05, 3.63) is 93.9 Å². The number of halogens is 1. The smallest absolute Gasteiger partial charge is 0.250 e. The number of para-hydroxylation sites is 1. The third-order valence-electron chi connectivity index (χ3n) is 5.33. The van der Waals surface area contributed by atoms with Gasteiger partial charge in [0.25, 0.3) is 0 Å². The Balaban J connectivity index is 1.32. The van der Waals surface area contributed by atoms with Gasteiger partial charge in [0, 0.05) is 24.7 Å². The van der Waals surface area contributed by atoms with Crippen LogP contribution < -0.4 is 10.0 Å². The van der Waals surface area contributed by atoms with Gasteiger partial charge in [-0.2, -0.15) is 9.61 Å². The van der Waals surface area contributed by atoms with Crippen LogP contribution in [0.2, 0.25) is 0 Å². The maximum absolute atomic E-state index is 12.3. The molecule has 5 aromatic rings. The van der Waals surface area contributed by atoms with Gasteiger partial charge in [-0.1, -0.05) is 42.5 Å². The summed E-state index contributed by atoms with van der Waals surface area (Å²) in [6.45, 7) is 0.724. The van der Waals surface area contributed by atoms with E-state index in [4.69, 9.17) is 0 Å². The summed E-state index contributed by atoms with van der Waals surface area (Å²) in [4.78, 5) is 4.65. The van der Waals surface area contributed by atoms with Crippen molar-refractivity contribution in [3.63, 3.8) is 0 Å². The molecule has 0 saturated heterocycles. The number of phenols is 1. The van der Waals surface area contributed by atoms with E-state index in [9.17, 15) is 13.5 Å². The fourth-order valence-corrected chi connectivity index (χ4v) is 5.93. The molecule has 8 nitrogen and oxygen atoms in total. The first-order valence-corrected chi connectivity index (χ1v) is 13.7. The Kier molecular flexibility index (Phi) is 6.56. The molecule has 0 aliphatic heterocycles. The van der Waals surface area contributed by atoms with Gasteiger partial charge in [0.1, 0.15) is 15.8 Å². The Labute approximate surface area is 214 Å². The zero-order valence-electron chi connectivity index (χ0n) is 18.2. The van der Waals surface area contributed by atoms with Crippen LogP contribution in [-0.4, -0.2) is 28.1 Å². The normalized spacial score (nSPS) is 11.7. The second kappa shape index (κ2) is 9.78. The number of aromatic hydroxyl groups is 1. The molecular formula is C24H20BrN5O3S2. The monoisotopic (exact) mass is 569 g/mol.